The molecule has 0 saturated heterocycles. The topological polar surface area (TPSA) is 110 Å². The SMILES string of the molecule is N#Cc1ccc2nc(C3(O)CCC(OC/C(C(=N)c4c(Cl)cccc4Cl)=C(/O)C4CC4)C3)sc2c1. The lowest BCUT2D eigenvalue weighted by molar-refractivity contribution is 0.0109. The average Bonchev–Trinajstić information content (AvgIpc) is 3.48. The van der Waals surface area contributed by atoms with Gasteiger partial charge in [0, 0.05) is 23.5 Å². The van der Waals surface area contributed by atoms with Crippen LogP contribution in [0.2, 0.25) is 10.0 Å². The summed E-state index contributed by atoms with van der Waals surface area (Å²) < 4.78 is 7.01. The number of aliphatic hydroxyl groups excluding tert-OH is 1. The van der Waals surface area contributed by atoms with Crippen LogP contribution >= 0.6 is 34.5 Å². The number of aromatic nitrogens is 1. The summed E-state index contributed by atoms with van der Waals surface area (Å²) in [6.07, 6.45) is 2.94. The van der Waals surface area contributed by atoms with Gasteiger partial charge in [0.1, 0.15) is 16.4 Å². The summed E-state index contributed by atoms with van der Waals surface area (Å²) in [6.45, 7) is 0.0227. The quantitative estimate of drug-likeness (QED) is 0.239. The number of nitrogens with one attached hydrogen (secondary N) is 1. The third-order valence-electron chi connectivity index (χ3n) is 6.61. The van der Waals surface area contributed by atoms with Crippen LogP contribution in [0.25, 0.3) is 10.2 Å². The van der Waals surface area contributed by atoms with Crippen LogP contribution in [-0.4, -0.2) is 33.6 Å². The van der Waals surface area contributed by atoms with Crippen molar-refractivity contribution < 1.29 is 14.9 Å². The van der Waals surface area contributed by atoms with Crippen LogP contribution in [0.4, 0.5) is 0 Å². The first-order chi connectivity index (χ1) is 16.8. The van der Waals surface area contributed by atoms with Gasteiger partial charge in [0.2, 0.25) is 0 Å². The molecule has 2 aliphatic carbocycles. The number of rotatable bonds is 7. The molecule has 180 valence electrons. The van der Waals surface area contributed by atoms with E-state index >= 15 is 0 Å². The van der Waals surface area contributed by atoms with Crippen molar-refractivity contribution in [2.75, 3.05) is 6.61 Å². The number of fused-ring (bicyclic) bond motifs is 1. The van der Waals surface area contributed by atoms with E-state index < -0.39 is 5.60 Å². The zero-order valence-electron chi connectivity index (χ0n) is 18.7. The minimum Gasteiger partial charge on any atom is -0.512 e. The average molecular weight is 528 g/mol. The number of benzene rings is 2. The van der Waals surface area contributed by atoms with E-state index in [0.717, 1.165) is 23.1 Å². The molecule has 0 bridgehead atoms. The van der Waals surface area contributed by atoms with Crippen molar-refractivity contribution in [1.29, 1.82) is 10.7 Å². The van der Waals surface area contributed by atoms with E-state index in [1.807, 2.05) is 0 Å². The normalized spacial score (nSPS) is 22.7. The Bertz CT molecular complexity index is 1370. The fourth-order valence-electron chi connectivity index (χ4n) is 4.48. The van der Waals surface area contributed by atoms with Gasteiger partial charge in [0.05, 0.1) is 50.3 Å². The summed E-state index contributed by atoms with van der Waals surface area (Å²) in [4.78, 5) is 4.61. The number of halogens is 2. The molecule has 2 aromatic carbocycles. The van der Waals surface area contributed by atoms with E-state index in [0.29, 0.717) is 51.0 Å². The molecule has 1 aromatic heterocycles. The van der Waals surface area contributed by atoms with Crippen molar-refractivity contribution in [3.05, 3.63) is 73.9 Å². The maximum absolute atomic E-state index is 11.4. The highest BCUT2D eigenvalue weighted by molar-refractivity contribution is 7.18. The van der Waals surface area contributed by atoms with E-state index in [1.165, 1.54) is 11.3 Å². The van der Waals surface area contributed by atoms with E-state index in [4.69, 9.17) is 38.6 Å². The van der Waals surface area contributed by atoms with Crippen molar-refractivity contribution in [2.24, 2.45) is 5.92 Å². The molecule has 0 amide bonds. The van der Waals surface area contributed by atoms with Gasteiger partial charge in [-0.15, -0.1) is 11.3 Å². The van der Waals surface area contributed by atoms with Crippen LogP contribution in [0.15, 0.2) is 47.7 Å². The zero-order chi connectivity index (χ0) is 24.7. The molecule has 5 rings (SSSR count). The predicted molar refractivity (Wildman–Crippen MR) is 137 cm³/mol. The smallest absolute Gasteiger partial charge is 0.126 e. The summed E-state index contributed by atoms with van der Waals surface area (Å²) >= 11 is 14.0. The molecule has 2 unspecified atom stereocenters. The molecule has 2 fully saturated rings. The van der Waals surface area contributed by atoms with Crippen molar-refractivity contribution in [3.8, 4) is 6.07 Å². The lowest BCUT2D eigenvalue weighted by Crippen LogP contribution is -2.24. The van der Waals surface area contributed by atoms with Crippen molar-refractivity contribution in [3.63, 3.8) is 0 Å². The third kappa shape index (κ3) is 4.82. The largest absolute Gasteiger partial charge is 0.512 e. The Hall–Kier alpha value is -2.47. The van der Waals surface area contributed by atoms with E-state index in [-0.39, 0.29) is 30.1 Å². The summed E-state index contributed by atoms with van der Waals surface area (Å²) in [7, 11) is 0. The number of aliphatic hydroxyl groups is 2. The molecule has 6 nitrogen and oxygen atoms in total. The molecule has 0 aliphatic heterocycles. The minimum atomic E-state index is -1.12. The van der Waals surface area contributed by atoms with Gasteiger partial charge >= 0.3 is 0 Å². The number of allylic oxidation sites excluding steroid dienone is 1. The van der Waals surface area contributed by atoms with Crippen LogP contribution in [0, 0.1) is 22.7 Å². The second kappa shape index (κ2) is 9.53. The van der Waals surface area contributed by atoms with Crippen LogP contribution in [0.3, 0.4) is 0 Å². The van der Waals surface area contributed by atoms with Gasteiger partial charge in [0.15, 0.2) is 0 Å². The van der Waals surface area contributed by atoms with Gasteiger partial charge in [-0.2, -0.15) is 5.26 Å². The van der Waals surface area contributed by atoms with Gasteiger partial charge < -0.3 is 14.9 Å². The molecule has 0 spiro atoms. The third-order valence-corrected chi connectivity index (χ3v) is 8.45. The van der Waals surface area contributed by atoms with Gasteiger partial charge in [-0.25, -0.2) is 4.98 Å². The fraction of sp³-hybridized carbons (Fsp3) is 0.346. The molecule has 2 aliphatic rings. The predicted octanol–water partition coefficient (Wildman–Crippen LogP) is 6.52. The van der Waals surface area contributed by atoms with Crippen LogP contribution in [0.1, 0.15) is 48.2 Å². The highest BCUT2D eigenvalue weighted by Gasteiger charge is 2.42. The summed E-state index contributed by atoms with van der Waals surface area (Å²) in [5, 5.41) is 41.4. The van der Waals surface area contributed by atoms with Crippen LogP contribution < -0.4 is 0 Å². The maximum atomic E-state index is 11.4. The maximum Gasteiger partial charge on any atom is 0.126 e. The fourth-order valence-corrected chi connectivity index (χ4v) is 6.19. The lowest BCUT2D eigenvalue weighted by atomic mass is 10.00. The summed E-state index contributed by atoms with van der Waals surface area (Å²) in [5.41, 5.74) is 0.994. The Kier molecular flexibility index (Phi) is 6.60. The Morgan fingerprint density at radius 2 is 1.97 bits per heavy atom. The molecular weight excluding hydrogens is 505 g/mol. The molecule has 9 heteroatoms. The number of hydrogen-bond donors (Lipinski definition) is 3. The molecule has 3 aromatic rings. The first-order valence-corrected chi connectivity index (χ1v) is 13.0. The van der Waals surface area contributed by atoms with Gasteiger partial charge in [-0.3, -0.25) is 5.41 Å². The van der Waals surface area contributed by atoms with E-state index in [2.05, 4.69) is 11.1 Å². The molecule has 0 radical (unpaired) electrons. The molecular formula is C26H23Cl2N3O3S. The number of nitriles is 1. The number of thiazole rings is 1. The zero-order valence-corrected chi connectivity index (χ0v) is 21.1. The van der Waals surface area contributed by atoms with Gasteiger partial charge in [0.25, 0.3) is 0 Å². The molecule has 35 heavy (non-hydrogen) atoms. The number of ether oxygens (including phenoxy) is 1. The second-order valence-corrected chi connectivity index (χ2v) is 11.0. The van der Waals surface area contributed by atoms with Crippen LogP contribution in [-0.2, 0) is 10.3 Å². The first-order valence-electron chi connectivity index (χ1n) is 11.4. The van der Waals surface area contributed by atoms with Gasteiger partial charge in [-0.1, -0.05) is 29.3 Å². The van der Waals surface area contributed by atoms with Gasteiger partial charge in [-0.05, 0) is 56.0 Å². The van der Waals surface area contributed by atoms with Crippen molar-refractivity contribution >= 4 is 50.5 Å². The van der Waals surface area contributed by atoms with Crippen LogP contribution in [0.5, 0.6) is 0 Å². The monoisotopic (exact) mass is 527 g/mol. The first kappa shape index (κ1) is 24.2. The highest BCUT2D eigenvalue weighted by Crippen LogP contribution is 2.44. The highest BCUT2D eigenvalue weighted by atomic mass is 35.5. The molecule has 3 N–H and O–H groups in total. The van der Waals surface area contributed by atoms with E-state index in [9.17, 15) is 10.2 Å². The Balaban J connectivity index is 1.33. The molecule has 2 saturated carbocycles. The molecule has 2 atom stereocenters. The summed E-state index contributed by atoms with van der Waals surface area (Å²) in [6, 6.07) is 12.5. The standard InChI is InChI=1S/C26H23Cl2N3O3S/c27-18-2-1-3-19(28)22(18)23(30)17(24(32)15-5-6-15)13-34-16-8-9-26(33,11-16)25-31-20-7-4-14(12-29)10-21(20)35-25/h1-4,7,10,15-16,30,32-33H,5-6,8-9,11,13H2/b24-17-,30-23?. The number of hydrogen-bond acceptors (Lipinski definition) is 7. The summed E-state index contributed by atoms with van der Waals surface area (Å²) in [5.74, 6) is 0.176. The number of nitrogens with zero attached hydrogens (tertiary/aromatic N) is 2. The Morgan fingerprint density at radius 3 is 2.66 bits per heavy atom. The van der Waals surface area contributed by atoms with E-state index in [1.54, 1.807) is 36.4 Å². The second-order valence-electron chi connectivity index (χ2n) is 9.13. The Labute approximate surface area is 216 Å². The van der Waals surface area contributed by atoms with Crippen molar-refractivity contribution in [2.45, 2.75) is 43.8 Å². The molecule has 1 heterocycles. The minimum absolute atomic E-state index is 0.0227. The van der Waals surface area contributed by atoms with Crippen molar-refractivity contribution in [1.82, 2.24) is 4.98 Å². The Morgan fingerprint density at radius 1 is 1.23 bits per heavy atom. The lowest BCUT2D eigenvalue weighted by Gasteiger charge is -2.21.